The summed E-state index contributed by atoms with van der Waals surface area (Å²) in [6.07, 6.45) is 0.537. The lowest BCUT2D eigenvalue weighted by Crippen LogP contribution is -2.46. The van der Waals surface area contributed by atoms with Gasteiger partial charge in [0.15, 0.2) is 0 Å². The van der Waals surface area contributed by atoms with Crippen LogP contribution in [0.25, 0.3) is 0 Å². The lowest BCUT2D eigenvalue weighted by atomic mass is 10.1. The van der Waals surface area contributed by atoms with Crippen LogP contribution in [0.1, 0.15) is 30.6 Å². The van der Waals surface area contributed by atoms with Crippen molar-refractivity contribution in [3.8, 4) is 0 Å². The molecular weight excluding hydrogens is 421 g/mol. The molecule has 10 heteroatoms. The number of rotatable bonds is 7. The van der Waals surface area contributed by atoms with Crippen molar-refractivity contribution < 1.29 is 31.2 Å². The lowest BCUT2D eigenvalue weighted by molar-refractivity contribution is -0.120. The van der Waals surface area contributed by atoms with Gasteiger partial charge in [-0.2, -0.15) is 13.2 Å². The van der Waals surface area contributed by atoms with Gasteiger partial charge in [0, 0.05) is 17.8 Å². The number of nitrogens with zero attached hydrogens (tertiary/aromatic N) is 1. The van der Waals surface area contributed by atoms with Crippen LogP contribution in [-0.4, -0.2) is 43.2 Å². The zero-order chi connectivity index (χ0) is 22.5. The largest absolute Gasteiger partial charge is 0.501 e. The van der Waals surface area contributed by atoms with Crippen molar-refractivity contribution in [2.45, 2.75) is 36.7 Å². The third-order valence-electron chi connectivity index (χ3n) is 4.33. The van der Waals surface area contributed by atoms with Crippen LogP contribution in [0.4, 0.5) is 18.9 Å². The summed E-state index contributed by atoms with van der Waals surface area (Å²) >= 11 is 0. The number of nitrogens with one attached hydrogen (secondary N) is 1. The fourth-order valence-corrected chi connectivity index (χ4v) is 3.46. The Kier molecular flexibility index (Phi) is 7.25. The topological polar surface area (TPSA) is 83.6 Å². The number of halogens is 3. The molecule has 1 unspecified atom stereocenters. The van der Waals surface area contributed by atoms with Crippen molar-refractivity contribution in [1.82, 2.24) is 4.90 Å². The standard InChI is InChI=1S/C20H21F3N2O4S/c1-3-13-25(14(2)18(26)24-16-7-5-4-6-8-16)19(27)15-9-11-17(12-10-15)30(28,29)20(21,22)23/h4-12,14H,3,13H2,1-2H3,(H,24,26). The minimum Gasteiger partial charge on any atom is -0.327 e. The number of para-hydroxylation sites is 1. The van der Waals surface area contributed by atoms with Gasteiger partial charge in [-0.1, -0.05) is 25.1 Å². The molecular formula is C20H21F3N2O4S. The van der Waals surface area contributed by atoms with Gasteiger partial charge in [-0.15, -0.1) is 0 Å². The molecule has 0 saturated heterocycles. The highest BCUT2D eigenvalue weighted by atomic mass is 32.2. The Hall–Kier alpha value is -2.88. The smallest absolute Gasteiger partial charge is 0.327 e. The Labute approximate surface area is 172 Å². The minimum absolute atomic E-state index is 0.0241. The predicted molar refractivity (Wildman–Crippen MR) is 106 cm³/mol. The van der Waals surface area contributed by atoms with Gasteiger partial charge in [0.05, 0.1) is 4.90 Å². The molecule has 0 radical (unpaired) electrons. The maximum atomic E-state index is 12.9. The second kappa shape index (κ2) is 9.29. The van der Waals surface area contributed by atoms with E-state index < -0.39 is 38.1 Å². The Morgan fingerprint density at radius 3 is 2.10 bits per heavy atom. The van der Waals surface area contributed by atoms with Gasteiger partial charge in [0.2, 0.25) is 5.91 Å². The van der Waals surface area contributed by atoms with Gasteiger partial charge in [-0.05, 0) is 49.7 Å². The molecule has 0 spiro atoms. The summed E-state index contributed by atoms with van der Waals surface area (Å²) in [4.78, 5) is 25.7. The SMILES string of the molecule is CCCN(C(=O)c1ccc(S(=O)(=O)C(F)(F)F)cc1)C(C)C(=O)Nc1ccccc1. The molecule has 0 aliphatic carbocycles. The molecule has 0 aliphatic heterocycles. The van der Waals surface area contributed by atoms with Crippen LogP contribution in [0, 0.1) is 0 Å². The number of amides is 2. The van der Waals surface area contributed by atoms with E-state index in [1.54, 1.807) is 37.3 Å². The van der Waals surface area contributed by atoms with Crippen LogP contribution in [-0.2, 0) is 14.6 Å². The van der Waals surface area contributed by atoms with Crippen molar-refractivity contribution in [3.63, 3.8) is 0 Å². The summed E-state index contributed by atoms with van der Waals surface area (Å²) in [7, 11) is -5.50. The molecule has 1 atom stereocenters. The van der Waals surface area contributed by atoms with Gasteiger partial charge in [0.1, 0.15) is 6.04 Å². The van der Waals surface area contributed by atoms with E-state index in [1.165, 1.54) is 11.8 Å². The van der Waals surface area contributed by atoms with E-state index >= 15 is 0 Å². The highest BCUT2D eigenvalue weighted by molar-refractivity contribution is 7.92. The second-order valence-corrected chi connectivity index (χ2v) is 8.44. The summed E-state index contributed by atoms with van der Waals surface area (Å²) in [6.45, 7) is 3.57. The molecule has 2 amide bonds. The third-order valence-corrected chi connectivity index (χ3v) is 5.83. The first-order valence-corrected chi connectivity index (χ1v) is 10.6. The average molecular weight is 442 g/mol. The molecule has 6 nitrogen and oxygen atoms in total. The van der Waals surface area contributed by atoms with Crippen LogP contribution in [0.2, 0.25) is 0 Å². The fraction of sp³-hybridized carbons (Fsp3) is 0.300. The summed E-state index contributed by atoms with van der Waals surface area (Å²) in [6, 6.07) is 11.3. The van der Waals surface area contributed by atoms with E-state index in [-0.39, 0.29) is 12.1 Å². The maximum Gasteiger partial charge on any atom is 0.501 e. The molecule has 0 saturated carbocycles. The van der Waals surface area contributed by atoms with Crippen LogP contribution in [0.15, 0.2) is 59.5 Å². The van der Waals surface area contributed by atoms with E-state index in [9.17, 15) is 31.2 Å². The fourth-order valence-electron chi connectivity index (χ4n) is 2.70. The predicted octanol–water partition coefficient (Wildman–Crippen LogP) is 3.86. The van der Waals surface area contributed by atoms with Crippen molar-refractivity contribution in [2.24, 2.45) is 0 Å². The van der Waals surface area contributed by atoms with E-state index in [1.807, 2.05) is 0 Å². The summed E-state index contributed by atoms with van der Waals surface area (Å²) < 4.78 is 61.0. The molecule has 2 rings (SSSR count). The molecule has 2 aromatic carbocycles. The molecule has 162 valence electrons. The quantitative estimate of drug-likeness (QED) is 0.706. The molecule has 1 N–H and O–H groups in total. The van der Waals surface area contributed by atoms with Gasteiger partial charge in [0.25, 0.3) is 15.7 Å². The number of anilines is 1. The molecule has 0 heterocycles. The highest BCUT2D eigenvalue weighted by Gasteiger charge is 2.46. The van der Waals surface area contributed by atoms with Gasteiger partial charge >= 0.3 is 5.51 Å². The Morgan fingerprint density at radius 2 is 1.60 bits per heavy atom. The first kappa shape index (κ1) is 23.4. The van der Waals surface area contributed by atoms with Crippen molar-refractivity contribution >= 4 is 27.3 Å². The van der Waals surface area contributed by atoms with Crippen molar-refractivity contribution in [2.75, 3.05) is 11.9 Å². The summed E-state index contributed by atoms with van der Waals surface area (Å²) in [5, 5.41) is 2.70. The van der Waals surface area contributed by atoms with E-state index in [4.69, 9.17) is 0 Å². The zero-order valence-electron chi connectivity index (χ0n) is 16.3. The van der Waals surface area contributed by atoms with Crippen LogP contribution >= 0.6 is 0 Å². The van der Waals surface area contributed by atoms with E-state index in [2.05, 4.69) is 5.32 Å². The van der Waals surface area contributed by atoms with Crippen molar-refractivity contribution in [1.29, 1.82) is 0 Å². The van der Waals surface area contributed by atoms with Crippen LogP contribution in [0.5, 0.6) is 0 Å². The van der Waals surface area contributed by atoms with Gasteiger partial charge in [-0.25, -0.2) is 8.42 Å². The number of hydrogen-bond acceptors (Lipinski definition) is 4. The van der Waals surface area contributed by atoms with Crippen LogP contribution in [0.3, 0.4) is 0 Å². The zero-order valence-corrected chi connectivity index (χ0v) is 17.1. The molecule has 0 aliphatic rings. The number of carbonyl (C=O) groups is 2. The first-order valence-electron chi connectivity index (χ1n) is 9.07. The maximum absolute atomic E-state index is 12.9. The van der Waals surface area contributed by atoms with Crippen molar-refractivity contribution in [3.05, 3.63) is 60.2 Å². The molecule has 0 fully saturated rings. The molecule has 0 aromatic heterocycles. The molecule has 30 heavy (non-hydrogen) atoms. The number of alkyl halides is 3. The molecule has 0 bridgehead atoms. The Balaban J connectivity index is 2.23. The van der Waals surface area contributed by atoms with Crippen LogP contribution < -0.4 is 5.32 Å². The molecule has 2 aromatic rings. The number of hydrogen-bond donors (Lipinski definition) is 1. The summed E-state index contributed by atoms with van der Waals surface area (Å²) in [5.41, 5.74) is -4.90. The minimum atomic E-state index is -5.50. The Bertz CT molecular complexity index is 991. The monoisotopic (exact) mass is 442 g/mol. The van der Waals surface area contributed by atoms with Gasteiger partial charge in [-0.3, -0.25) is 9.59 Å². The Morgan fingerprint density at radius 1 is 1.03 bits per heavy atom. The second-order valence-electron chi connectivity index (χ2n) is 6.50. The first-order chi connectivity index (χ1) is 14.0. The van der Waals surface area contributed by atoms with E-state index in [0.29, 0.717) is 12.1 Å². The number of sulfone groups is 1. The van der Waals surface area contributed by atoms with E-state index in [0.717, 1.165) is 24.3 Å². The highest BCUT2D eigenvalue weighted by Crippen LogP contribution is 2.30. The normalized spacial score (nSPS) is 12.8. The lowest BCUT2D eigenvalue weighted by Gasteiger charge is -2.28. The van der Waals surface area contributed by atoms with Gasteiger partial charge < -0.3 is 10.2 Å². The number of carbonyl (C=O) groups excluding carboxylic acids is 2. The summed E-state index contributed by atoms with van der Waals surface area (Å²) in [5.74, 6) is -1.03. The average Bonchev–Trinajstić information content (AvgIpc) is 2.71. The third kappa shape index (κ3) is 5.18. The number of benzene rings is 2.